The molecule has 2 heterocycles. The number of rotatable bonds is 7. The van der Waals surface area contributed by atoms with E-state index < -0.39 is 10.0 Å². The molecule has 1 fully saturated rings. The normalized spacial score (nSPS) is 14.9. The molecule has 7 nitrogen and oxygen atoms in total. The van der Waals surface area contributed by atoms with E-state index in [0.29, 0.717) is 42.3 Å². The van der Waals surface area contributed by atoms with E-state index in [1.54, 1.807) is 47.4 Å². The van der Waals surface area contributed by atoms with Crippen molar-refractivity contribution in [2.24, 2.45) is 0 Å². The molecule has 1 aliphatic heterocycles. The maximum atomic E-state index is 13.9. The summed E-state index contributed by atoms with van der Waals surface area (Å²) < 4.78 is 51.8. The highest BCUT2D eigenvalue weighted by molar-refractivity contribution is 7.89. The van der Waals surface area contributed by atoms with E-state index >= 15 is 0 Å². The van der Waals surface area contributed by atoms with E-state index in [1.807, 2.05) is 0 Å². The van der Waals surface area contributed by atoms with Crippen LogP contribution in [0.4, 0.5) is 4.39 Å². The van der Waals surface area contributed by atoms with E-state index in [1.165, 1.54) is 29.6 Å². The third-order valence-electron chi connectivity index (χ3n) is 5.67. The molecule has 33 heavy (non-hydrogen) atoms. The van der Waals surface area contributed by atoms with Gasteiger partial charge in [-0.3, -0.25) is 4.79 Å². The van der Waals surface area contributed by atoms with Gasteiger partial charge >= 0.3 is 0 Å². The number of nitrogens with zero attached hydrogens (tertiary/aromatic N) is 2. The SMILES string of the molecule is COc1ccc(S(=O)(=O)N2CCN(C(=O)CCc3ccc(-c4ccccc4F)o3)CC2)cc1. The summed E-state index contributed by atoms with van der Waals surface area (Å²) in [4.78, 5) is 14.5. The Labute approximate surface area is 192 Å². The van der Waals surface area contributed by atoms with Crippen molar-refractivity contribution >= 4 is 15.9 Å². The number of methoxy groups -OCH3 is 1. The zero-order valence-corrected chi connectivity index (χ0v) is 19.1. The Morgan fingerprint density at radius 3 is 2.36 bits per heavy atom. The standard InChI is InChI=1S/C24H25FN2O5S/c1-31-18-6-10-20(11-7-18)33(29,30)27-16-14-26(15-17-27)24(28)13-9-19-8-12-23(32-19)21-4-2-3-5-22(21)25/h2-8,10-12H,9,13-17H2,1H3. The van der Waals surface area contributed by atoms with Crippen molar-refractivity contribution in [3.8, 4) is 17.1 Å². The Balaban J connectivity index is 1.30. The molecule has 0 unspecified atom stereocenters. The fraction of sp³-hybridized carbons (Fsp3) is 0.292. The molecule has 1 amide bonds. The lowest BCUT2D eigenvalue weighted by Gasteiger charge is -2.34. The number of aryl methyl sites for hydroxylation is 1. The largest absolute Gasteiger partial charge is 0.497 e. The number of amides is 1. The maximum Gasteiger partial charge on any atom is 0.243 e. The number of sulfonamides is 1. The van der Waals surface area contributed by atoms with Gasteiger partial charge in [0.15, 0.2) is 0 Å². The van der Waals surface area contributed by atoms with Gasteiger partial charge in [-0.05, 0) is 48.5 Å². The van der Waals surface area contributed by atoms with E-state index in [-0.39, 0.29) is 36.1 Å². The van der Waals surface area contributed by atoms with Gasteiger partial charge in [-0.1, -0.05) is 12.1 Å². The Morgan fingerprint density at radius 2 is 1.70 bits per heavy atom. The smallest absolute Gasteiger partial charge is 0.243 e. The Bertz CT molecular complexity index is 1220. The van der Waals surface area contributed by atoms with Crippen LogP contribution >= 0.6 is 0 Å². The quantitative estimate of drug-likeness (QED) is 0.525. The van der Waals surface area contributed by atoms with Gasteiger partial charge in [0.05, 0.1) is 17.6 Å². The molecule has 1 aliphatic rings. The zero-order valence-electron chi connectivity index (χ0n) is 18.2. The molecule has 0 radical (unpaired) electrons. The summed E-state index contributed by atoms with van der Waals surface area (Å²) in [5.41, 5.74) is 0.379. The fourth-order valence-electron chi connectivity index (χ4n) is 3.78. The van der Waals surface area contributed by atoms with Crippen LogP contribution in [0, 0.1) is 5.82 Å². The molecule has 0 aliphatic carbocycles. The molecule has 174 valence electrons. The number of benzene rings is 2. The molecule has 1 saturated heterocycles. The van der Waals surface area contributed by atoms with Crippen molar-refractivity contribution < 1.29 is 26.8 Å². The molecule has 4 rings (SSSR count). The van der Waals surface area contributed by atoms with Crippen molar-refractivity contribution in [1.82, 2.24) is 9.21 Å². The highest BCUT2D eigenvalue weighted by Crippen LogP contribution is 2.26. The van der Waals surface area contributed by atoms with Crippen LogP contribution in [0.3, 0.4) is 0 Å². The fourth-order valence-corrected chi connectivity index (χ4v) is 5.20. The predicted molar refractivity (Wildman–Crippen MR) is 121 cm³/mol. The molecule has 0 atom stereocenters. The van der Waals surface area contributed by atoms with Gasteiger partial charge in [0.25, 0.3) is 0 Å². The van der Waals surface area contributed by atoms with Gasteiger partial charge in [0, 0.05) is 39.0 Å². The van der Waals surface area contributed by atoms with Crippen molar-refractivity contribution in [2.75, 3.05) is 33.3 Å². The van der Waals surface area contributed by atoms with Crippen molar-refractivity contribution in [3.63, 3.8) is 0 Å². The lowest BCUT2D eigenvalue weighted by molar-refractivity contribution is -0.132. The third kappa shape index (κ3) is 5.09. The van der Waals surface area contributed by atoms with Crippen LogP contribution < -0.4 is 4.74 Å². The highest BCUT2D eigenvalue weighted by atomic mass is 32.2. The molecule has 0 spiro atoms. The minimum atomic E-state index is -3.62. The van der Waals surface area contributed by atoms with Gasteiger partial charge in [-0.25, -0.2) is 12.8 Å². The van der Waals surface area contributed by atoms with E-state index in [9.17, 15) is 17.6 Å². The third-order valence-corrected chi connectivity index (χ3v) is 7.59. The van der Waals surface area contributed by atoms with Gasteiger partial charge in [-0.15, -0.1) is 0 Å². The van der Waals surface area contributed by atoms with Crippen LogP contribution in [0.1, 0.15) is 12.2 Å². The first-order valence-corrected chi connectivity index (χ1v) is 12.1. The van der Waals surface area contributed by atoms with Crippen molar-refractivity contribution in [2.45, 2.75) is 17.7 Å². The molecule has 1 aromatic heterocycles. The topological polar surface area (TPSA) is 80.1 Å². The van der Waals surface area contributed by atoms with Crippen LogP contribution in [-0.4, -0.2) is 56.8 Å². The second-order valence-corrected chi connectivity index (χ2v) is 9.64. The maximum absolute atomic E-state index is 13.9. The number of hydrogen-bond donors (Lipinski definition) is 0. The summed E-state index contributed by atoms with van der Waals surface area (Å²) in [7, 11) is -2.10. The molecule has 0 saturated carbocycles. The number of hydrogen-bond acceptors (Lipinski definition) is 5. The Kier molecular flexibility index (Phi) is 6.80. The van der Waals surface area contributed by atoms with E-state index in [0.717, 1.165) is 0 Å². The molecule has 0 bridgehead atoms. The van der Waals surface area contributed by atoms with Crippen LogP contribution in [0.25, 0.3) is 11.3 Å². The second-order valence-electron chi connectivity index (χ2n) is 7.71. The minimum Gasteiger partial charge on any atom is -0.497 e. The zero-order chi connectivity index (χ0) is 23.4. The minimum absolute atomic E-state index is 0.0691. The summed E-state index contributed by atoms with van der Waals surface area (Å²) in [5, 5.41) is 0. The first-order chi connectivity index (χ1) is 15.9. The first kappa shape index (κ1) is 23.0. The number of furan rings is 1. The van der Waals surface area contributed by atoms with Gasteiger partial charge in [0.2, 0.25) is 15.9 Å². The molecule has 0 N–H and O–H groups in total. The predicted octanol–water partition coefficient (Wildman–Crippen LogP) is 3.56. The number of halogens is 1. The van der Waals surface area contributed by atoms with E-state index in [4.69, 9.17) is 9.15 Å². The van der Waals surface area contributed by atoms with Gasteiger partial charge in [-0.2, -0.15) is 4.31 Å². The summed E-state index contributed by atoms with van der Waals surface area (Å²) in [5.74, 6) is 1.18. The van der Waals surface area contributed by atoms with E-state index in [2.05, 4.69) is 0 Å². The van der Waals surface area contributed by atoms with Crippen LogP contribution in [0.2, 0.25) is 0 Å². The monoisotopic (exact) mass is 472 g/mol. The van der Waals surface area contributed by atoms with Gasteiger partial charge < -0.3 is 14.1 Å². The Hall–Kier alpha value is -3.17. The average molecular weight is 473 g/mol. The molecule has 9 heteroatoms. The number of carbonyl (C=O) groups is 1. The van der Waals surface area contributed by atoms with Crippen LogP contribution in [-0.2, 0) is 21.2 Å². The molecule has 2 aromatic carbocycles. The van der Waals surface area contributed by atoms with Crippen molar-refractivity contribution in [3.05, 3.63) is 72.2 Å². The summed E-state index contributed by atoms with van der Waals surface area (Å²) in [6, 6.07) is 16.1. The molecule has 3 aromatic rings. The van der Waals surface area contributed by atoms with Crippen LogP contribution in [0.5, 0.6) is 5.75 Å². The molecular formula is C24H25FN2O5S. The van der Waals surface area contributed by atoms with Gasteiger partial charge in [0.1, 0.15) is 23.1 Å². The Morgan fingerprint density at radius 1 is 1.00 bits per heavy atom. The number of carbonyl (C=O) groups excluding carboxylic acids is 1. The summed E-state index contributed by atoms with van der Waals surface area (Å²) in [6.45, 7) is 1.12. The number of piperazine rings is 1. The van der Waals surface area contributed by atoms with Crippen LogP contribution in [0.15, 0.2) is 70.0 Å². The summed E-state index contributed by atoms with van der Waals surface area (Å²) in [6.07, 6.45) is 0.618. The lowest BCUT2D eigenvalue weighted by Crippen LogP contribution is -2.50. The summed E-state index contributed by atoms with van der Waals surface area (Å²) >= 11 is 0. The number of ether oxygens (including phenoxy) is 1. The lowest BCUT2D eigenvalue weighted by atomic mass is 10.1. The van der Waals surface area contributed by atoms with Crippen molar-refractivity contribution in [1.29, 1.82) is 0 Å². The second kappa shape index (κ2) is 9.76. The average Bonchev–Trinajstić information content (AvgIpc) is 3.31. The highest BCUT2D eigenvalue weighted by Gasteiger charge is 2.30. The first-order valence-electron chi connectivity index (χ1n) is 10.6. The molecular weight excluding hydrogens is 447 g/mol.